The molecule has 0 amide bonds. The highest BCUT2D eigenvalue weighted by Gasteiger charge is 2.28. The molecule has 0 unspecified atom stereocenters. The number of nitrogens with zero attached hydrogens (tertiary/aromatic N) is 1. The van der Waals surface area contributed by atoms with Crippen molar-refractivity contribution >= 4 is 11.0 Å². The number of aryl methyl sites for hydroxylation is 1. The molecule has 0 N–H and O–H groups in total. The maximum atomic E-state index is 9.26. The molecule has 1 saturated carbocycles. The van der Waals surface area contributed by atoms with Gasteiger partial charge in [-0.1, -0.05) is 50.2 Å². The van der Waals surface area contributed by atoms with Crippen LogP contribution in [-0.4, -0.2) is 4.98 Å². The summed E-state index contributed by atoms with van der Waals surface area (Å²) in [6.07, 6.45) is 4.55. The first-order valence-electron chi connectivity index (χ1n) is 12.6. The largest absolute Gasteiger partial charge is 0.456 e. The molecule has 2 heteroatoms. The Morgan fingerprint density at radius 3 is 2.60 bits per heavy atom. The van der Waals surface area contributed by atoms with Crippen LogP contribution in [-0.2, 0) is 0 Å². The number of benzene rings is 2. The van der Waals surface area contributed by atoms with E-state index < -0.39 is 12.7 Å². The second-order valence-corrected chi connectivity index (χ2v) is 9.11. The Balaban J connectivity index is 1.57. The van der Waals surface area contributed by atoms with Gasteiger partial charge in [0.25, 0.3) is 0 Å². The fourth-order valence-corrected chi connectivity index (χ4v) is 4.36. The molecule has 1 aliphatic rings. The van der Waals surface area contributed by atoms with Crippen LogP contribution in [0.25, 0.3) is 33.6 Å². The van der Waals surface area contributed by atoms with Crippen molar-refractivity contribution in [1.29, 1.82) is 0 Å². The average Bonchev–Trinajstić information content (AvgIpc) is 3.25. The van der Waals surface area contributed by atoms with Gasteiger partial charge in [0.15, 0.2) is 0 Å². The number of hydrogen-bond acceptors (Lipinski definition) is 2. The Labute approximate surface area is 184 Å². The summed E-state index contributed by atoms with van der Waals surface area (Å²) in [7, 11) is 0. The summed E-state index contributed by atoms with van der Waals surface area (Å²) in [6.45, 7) is 2.13. The van der Waals surface area contributed by atoms with Gasteiger partial charge in [0, 0.05) is 28.2 Å². The molecule has 2 heterocycles. The van der Waals surface area contributed by atoms with Crippen molar-refractivity contribution in [3.05, 3.63) is 78.0 Å². The molecule has 152 valence electrons. The molecule has 1 aliphatic carbocycles. The summed E-state index contributed by atoms with van der Waals surface area (Å²) in [5.74, 6) is -0.151. The molecule has 0 aliphatic heterocycles. The molecule has 2 aromatic heterocycles. The van der Waals surface area contributed by atoms with Crippen LogP contribution in [0, 0.1) is 12.3 Å². The van der Waals surface area contributed by atoms with E-state index in [-0.39, 0.29) is 11.0 Å². The molecular formula is C28H29NO. The maximum Gasteiger partial charge on any atom is 0.135 e. The Bertz CT molecular complexity index is 1310. The monoisotopic (exact) mass is 399 g/mol. The smallest absolute Gasteiger partial charge is 0.135 e. The summed E-state index contributed by atoms with van der Waals surface area (Å²) in [6, 6.07) is 19.7. The Morgan fingerprint density at radius 2 is 1.80 bits per heavy atom. The lowest BCUT2D eigenvalue weighted by molar-refractivity contribution is 0.224. The van der Waals surface area contributed by atoms with Crippen LogP contribution in [0.2, 0.25) is 0 Å². The minimum absolute atomic E-state index is 0.182. The third-order valence-corrected chi connectivity index (χ3v) is 6.36. The second-order valence-electron chi connectivity index (χ2n) is 9.11. The quantitative estimate of drug-likeness (QED) is 0.347. The van der Waals surface area contributed by atoms with Crippen molar-refractivity contribution in [2.24, 2.45) is 5.41 Å². The van der Waals surface area contributed by atoms with Crippen molar-refractivity contribution < 1.29 is 9.90 Å². The molecule has 2 aromatic carbocycles. The first-order chi connectivity index (χ1) is 16.0. The number of para-hydroxylation sites is 1. The number of rotatable bonds is 3. The molecular weight excluding hydrogens is 366 g/mol. The fourth-order valence-electron chi connectivity index (χ4n) is 4.36. The van der Waals surface area contributed by atoms with E-state index in [9.17, 15) is 1.37 Å². The Kier molecular flexibility index (Phi) is 3.72. The predicted octanol–water partition coefficient (Wildman–Crippen LogP) is 8.15. The van der Waals surface area contributed by atoms with Gasteiger partial charge in [0.1, 0.15) is 11.3 Å². The van der Waals surface area contributed by atoms with E-state index in [2.05, 4.69) is 18.8 Å². The van der Waals surface area contributed by atoms with Crippen LogP contribution in [0.1, 0.15) is 62.0 Å². The van der Waals surface area contributed by atoms with Crippen LogP contribution in [0.5, 0.6) is 0 Å². The van der Waals surface area contributed by atoms with E-state index in [1.807, 2.05) is 60.7 Å². The van der Waals surface area contributed by atoms with Crippen molar-refractivity contribution in [1.82, 2.24) is 4.98 Å². The first-order valence-corrected chi connectivity index (χ1v) is 10.6. The van der Waals surface area contributed by atoms with E-state index >= 15 is 0 Å². The molecule has 0 radical (unpaired) electrons. The lowest BCUT2D eigenvalue weighted by Crippen LogP contribution is -2.20. The molecule has 2 nitrogen and oxygen atoms in total. The van der Waals surface area contributed by atoms with Gasteiger partial charge in [-0.3, -0.25) is 4.98 Å². The number of fused-ring (bicyclic) bond motifs is 1. The van der Waals surface area contributed by atoms with Crippen LogP contribution in [0.15, 0.2) is 71.3 Å². The Morgan fingerprint density at radius 1 is 1.00 bits per heavy atom. The van der Waals surface area contributed by atoms with Crippen molar-refractivity contribution in [2.75, 3.05) is 0 Å². The van der Waals surface area contributed by atoms with E-state index in [1.54, 1.807) is 0 Å². The average molecular weight is 400 g/mol. The van der Waals surface area contributed by atoms with Gasteiger partial charge in [-0.25, -0.2) is 0 Å². The molecule has 4 aromatic rings. The highest BCUT2D eigenvalue weighted by molar-refractivity contribution is 5.83. The van der Waals surface area contributed by atoms with Crippen molar-refractivity contribution in [3.8, 4) is 22.6 Å². The van der Waals surface area contributed by atoms with E-state index in [0.29, 0.717) is 24.1 Å². The van der Waals surface area contributed by atoms with Crippen LogP contribution in [0.3, 0.4) is 0 Å². The first kappa shape index (κ1) is 15.0. The van der Waals surface area contributed by atoms with Gasteiger partial charge in [0.2, 0.25) is 0 Å². The van der Waals surface area contributed by atoms with Gasteiger partial charge in [-0.2, -0.15) is 0 Å². The molecule has 5 rings (SSSR count). The summed E-state index contributed by atoms with van der Waals surface area (Å²) >= 11 is 0. The van der Waals surface area contributed by atoms with Crippen LogP contribution in [0.4, 0.5) is 0 Å². The maximum absolute atomic E-state index is 9.26. The normalized spacial score (nSPS) is 20.2. The minimum Gasteiger partial charge on any atom is -0.456 e. The number of pyridine rings is 1. The summed E-state index contributed by atoms with van der Waals surface area (Å²) < 4.78 is 39.5. The topological polar surface area (TPSA) is 26.0 Å². The fraction of sp³-hybridized carbons (Fsp3) is 0.321. The number of aromatic nitrogens is 1. The third-order valence-electron chi connectivity index (χ3n) is 6.36. The predicted molar refractivity (Wildman–Crippen MR) is 125 cm³/mol. The minimum atomic E-state index is -2.31. The summed E-state index contributed by atoms with van der Waals surface area (Å²) in [4.78, 5) is 4.53. The van der Waals surface area contributed by atoms with Gasteiger partial charge in [-0.05, 0) is 79.2 Å². The molecule has 0 atom stereocenters. The highest BCUT2D eigenvalue weighted by Crippen LogP contribution is 2.43. The van der Waals surface area contributed by atoms with Crippen LogP contribution >= 0.6 is 0 Å². The lowest BCUT2D eigenvalue weighted by Gasteiger charge is -2.35. The number of hydrogen-bond donors (Lipinski definition) is 0. The molecule has 0 spiro atoms. The zero-order chi connectivity index (χ0) is 24.1. The van der Waals surface area contributed by atoms with Gasteiger partial charge in [0.05, 0.1) is 5.69 Å². The lowest BCUT2D eigenvalue weighted by atomic mass is 9.71. The van der Waals surface area contributed by atoms with Gasteiger partial charge < -0.3 is 4.42 Å². The SMILES string of the molecule is [2H]C([2H])([2H])c1cnc(-c2cccc(-c3cc4ccccc4o3)c2)cc1C1([2H])CCC(C)(C)CC1. The third kappa shape index (κ3) is 3.67. The van der Waals surface area contributed by atoms with Crippen molar-refractivity contribution in [3.63, 3.8) is 0 Å². The second kappa shape index (κ2) is 7.43. The highest BCUT2D eigenvalue weighted by atomic mass is 16.3. The van der Waals surface area contributed by atoms with E-state index in [1.165, 1.54) is 6.20 Å². The molecule has 0 saturated heterocycles. The molecule has 0 bridgehead atoms. The zero-order valence-electron chi connectivity index (χ0n) is 21.5. The van der Waals surface area contributed by atoms with E-state index in [4.69, 9.17) is 8.53 Å². The molecule has 30 heavy (non-hydrogen) atoms. The molecule has 1 fully saturated rings. The van der Waals surface area contributed by atoms with Gasteiger partial charge >= 0.3 is 0 Å². The summed E-state index contributed by atoms with van der Waals surface area (Å²) in [5.41, 5.74) is 4.27. The standard InChI is InChI=1S/C28H29NO/c1-19-18-29-25(17-24(19)20-11-13-28(2,3)14-12-20)21-8-6-9-22(15-21)27-16-23-7-4-5-10-26(23)30-27/h4-10,15-18,20H,11-14H2,1-3H3/i1D3,20D. The Hall–Kier alpha value is -2.87. The zero-order valence-corrected chi connectivity index (χ0v) is 17.5. The van der Waals surface area contributed by atoms with Gasteiger partial charge in [-0.15, -0.1) is 0 Å². The number of furan rings is 1. The van der Waals surface area contributed by atoms with Crippen molar-refractivity contribution in [2.45, 2.75) is 52.3 Å². The van der Waals surface area contributed by atoms with E-state index in [0.717, 1.165) is 40.7 Å². The van der Waals surface area contributed by atoms with Crippen LogP contribution < -0.4 is 0 Å². The summed E-state index contributed by atoms with van der Waals surface area (Å²) in [5, 5.41) is 1.04.